The van der Waals surface area contributed by atoms with Crippen LogP contribution < -0.4 is 10.9 Å². The van der Waals surface area contributed by atoms with Crippen molar-refractivity contribution in [2.45, 2.75) is 26.4 Å². The maximum Gasteiger partial charge on any atom is 0.287 e. The van der Waals surface area contributed by atoms with Crippen molar-refractivity contribution in [1.82, 2.24) is 14.7 Å². The van der Waals surface area contributed by atoms with E-state index in [0.29, 0.717) is 24.8 Å². The average Bonchev–Trinajstić information content (AvgIpc) is 2.37. The summed E-state index contributed by atoms with van der Waals surface area (Å²) in [5.74, 6) is 0. The van der Waals surface area contributed by atoms with Crippen LogP contribution in [0.15, 0.2) is 23.6 Å². The van der Waals surface area contributed by atoms with Gasteiger partial charge in [-0.1, -0.05) is 17.7 Å². The van der Waals surface area contributed by atoms with Gasteiger partial charge in [-0.05, 0) is 20.9 Å². The van der Waals surface area contributed by atoms with Gasteiger partial charge in [0, 0.05) is 19.1 Å². The Morgan fingerprint density at radius 3 is 2.89 bits per heavy atom. The summed E-state index contributed by atoms with van der Waals surface area (Å²) < 4.78 is 1.28. The van der Waals surface area contributed by atoms with Crippen molar-refractivity contribution in [2.24, 2.45) is 0 Å². The lowest BCUT2D eigenvalue weighted by molar-refractivity contribution is 0.284. The van der Waals surface area contributed by atoms with E-state index in [1.165, 1.54) is 4.68 Å². The van der Waals surface area contributed by atoms with Crippen LogP contribution in [0.25, 0.3) is 0 Å². The van der Waals surface area contributed by atoms with Gasteiger partial charge in [-0.2, -0.15) is 5.10 Å². The number of anilines is 1. The molecule has 0 bridgehead atoms. The quantitative estimate of drug-likeness (QED) is 0.776. The van der Waals surface area contributed by atoms with Crippen LogP contribution in [0.5, 0.6) is 0 Å². The Kier molecular flexibility index (Phi) is 6.05. The first-order valence-corrected chi connectivity index (χ1v) is 6.65. The predicted octanol–water partition coefficient (Wildman–Crippen LogP) is 1.83. The molecule has 5 nitrogen and oxygen atoms in total. The highest BCUT2D eigenvalue weighted by molar-refractivity contribution is 6.32. The van der Waals surface area contributed by atoms with E-state index < -0.39 is 0 Å². The van der Waals surface area contributed by atoms with Gasteiger partial charge in [0.2, 0.25) is 0 Å². The monoisotopic (exact) mass is 284 g/mol. The molecular formula is C13H21ClN4O. The summed E-state index contributed by atoms with van der Waals surface area (Å²) >= 11 is 6.03. The number of hydrogen-bond acceptors (Lipinski definition) is 4. The SMILES string of the molecule is C=CCn1ncc(NCCN(C)C(C)C)c(Cl)c1=O. The van der Waals surface area contributed by atoms with E-state index in [1.54, 1.807) is 12.3 Å². The van der Waals surface area contributed by atoms with Gasteiger partial charge in [0.15, 0.2) is 0 Å². The summed E-state index contributed by atoms with van der Waals surface area (Å²) in [4.78, 5) is 14.1. The zero-order valence-corrected chi connectivity index (χ0v) is 12.4. The number of likely N-dealkylation sites (N-methyl/N-ethyl adjacent to an activating group) is 1. The van der Waals surface area contributed by atoms with Crippen molar-refractivity contribution >= 4 is 17.3 Å². The zero-order valence-electron chi connectivity index (χ0n) is 11.7. The highest BCUT2D eigenvalue weighted by Crippen LogP contribution is 2.14. The Bertz CT molecular complexity index is 484. The Balaban J connectivity index is 2.68. The number of hydrogen-bond donors (Lipinski definition) is 1. The molecule has 0 unspecified atom stereocenters. The number of aromatic nitrogens is 2. The van der Waals surface area contributed by atoms with E-state index >= 15 is 0 Å². The minimum absolute atomic E-state index is 0.170. The summed E-state index contributed by atoms with van der Waals surface area (Å²) in [6.07, 6.45) is 3.18. The molecule has 1 aromatic rings. The summed E-state index contributed by atoms with van der Waals surface area (Å²) in [6.45, 7) is 9.76. The molecule has 0 saturated carbocycles. The summed E-state index contributed by atoms with van der Waals surface area (Å²) in [5.41, 5.74) is 0.271. The van der Waals surface area contributed by atoms with E-state index in [1.807, 2.05) is 7.05 Å². The van der Waals surface area contributed by atoms with Crippen LogP contribution in [0.3, 0.4) is 0 Å². The summed E-state index contributed by atoms with van der Waals surface area (Å²) in [7, 11) is 2.05. The van der Waals surface area contributed by atoms with Gasteiger partial charge >= 0.3 is 0 Å². The molecule has 1 rings (SSSR count). The molecule has 1 N–H and O–H groups in total. The van der Waals surface area contributed by atoms with E-state index in [4.69, 9.17) is 11.6 Å². The highest BCUT2D eigenvalue weighted by Gasteiger charge is 2.09. The van der Waals surface area contributed by atoms with Gasteiger partial charge < -0.3 is 10.2 Å². The molecule has 0 saturated heterocycles. The van der Waals surface area contributed by atoms with Crippen LogP contribution in [-0.2, 0) is 6.54 Å². The van der Waals surface area contributed by atoms with Crippen molar-refractivity contribution in [1.29, 1.82) is 0 Å². The van der Waals surface area contributed by atoms with Crippen molar-refractivity contribution in [2.75, 3.05) is 25.5 Å². The Morgan fingerprint density at radius 1 is 1.63 bits per heavy atom. The van der Waals surface area contributed by atoms with Crippen LogP contribution in [0.1, 0.15) is 13.8 Å². The molecule has 0 aromatic carbocycles. The molecule has 6 heteroatoms. The molecule has 0 aliphatic heterocycles. The van der Waals surface area contributed by atoms with Crippen molar-refractivity contribution < 1.29 is 0 Å². The van der Waals surface area contributed by atoms with Gasteiger partial charge in [0.05, 0.1) is 18.4 Å². The summed E-state index contributed by atoms with van der Waals surface area (Å²) in [6, 6.07) is 0.482. The second-order valence-corrected chi connectivity index (χ2v) is 5.03. The fourth-order valence-corrected chi connectivity index (χ4v) is 1.68. The Hall–Kier alpha value is -1.33. The number of nitrogens with one attached hydrogen (secondary N) is 1. The largest absolute Gasteiger partial charge is 0.381 e. The molecular weight excluding hydrogens is 264 g/mol. The van der Waals surface area contributed by atoms with E-state index in [9.17, 15) is 4.79 Å². The Labute approximate surface area is 118 Å². The zero-order chi connectivity index (χ0) is 14.4. The van der Waals surface area contributed by atoms with E-state index in [-0.39, 0.29) is 10.6 Å². The number of nitrogens with zero attached hydrogens (tertiary/aromatic N) is 3. The molecule has 106 valence electrons. The standard InChI is InChI=1S/C13H21ClN4O/c1-5-7-18-13(19)12(14)11(9-16-18)15-6-8-17(4)10(2)3/h5,9-10,15H,1,6-8H2,2-4H3. The smallest absolute Gasteiger partial charge is 0.287 e. The van der Waals surface area contributed by atoms with Gasteiger partial charge in [-0.25, -0.2) is 4.68 Å². The maximum atomic E-state index is 11.9. The normalized spacial score (nSPS) is 11.1. The lowest BCUT2D eigenvalue weighted by Gasteiger charge is -2.21. The minimum atomic E-state index is -0.302. The topological polar surface area (TPSA) is 50.2 Å². The molecule has 0 aliphatic rings. The molecule has 0 fully saturated rings. The minimum Gasteiger partial charge on any atom is -0.381 e. The molecule has 0 radical (unpaired) electrons. The van der Waals surface area contributed by atoms with Crippen LogP contribution in [0.4, 0.5) is 5.69 Å². The van der Waals surface area contributed by atoms with E-state index in [2.05, 4.69) is 35.7 Å². The number of rotatable bonds is 7. The first kappa shape index (κ1) is 15.7. The Morgan fingerprint density at radius 2 is 2.32 bits per heavy atom. The first-order chi connectivity index (χ1) is 8.97. The fourth-order valence-electron chi connectivity index (χ4n) is 1.47. The third-order valence-corrected chi connectivity index (χ3v) is 3.31. The molecule has 1 heterocycles. The number of allylic oxidation sites excluding steroid dienone is 1. The molecule has 0 amide bonds. The second-order valence-electron chi connectivity index (χ2n) is 4.65. The maximum absolute atomic E-state index is 11.9. The highest BCUT2D eigenvalue weighted by atomic mass is 35.5. The van der Waals surface area contributed by atoms with Crippen molar-refractivity contribution in [3.8, 4) is 0 Å². The lowest BCUT2D eigenvalue weighted by atomic mass is 10.3. The van der Waals surface area contributed by atoms with Crippen molar-refractivity contribution in [3.05, 3.63) is 34.2 Å². The third-order valence-electron chi connectivity index (χ3n) is 2.95. The van der Waals surface area contributed by atoms with Gasteiger partial charge in [-0.15, -0.1) is 6.58 Å². The number of halogens is 1. The lowest BCUT2D eigenvalue weighted by Crippen LogP contribution is -2.31. The second kappa shape index (κ2) is 7.31. The first-order valence-electron chi connectivity index (χ1n) is 6.28. The third kappa shape index (κ3) is 4.36. The fraction of sp³-hybridized carbons (Fsp3) is 0.538. The van der Waals surface area contributed by atoms with Gasteiger partial charge in [0.1, 0.15) is 5.02 Å². The van der Waals surface area contributed by atoms with Crippen LogP contribution >= 0.6 is 11.6 Å². The van der Waals surface area contributed by atoms with Crippen LogP contribution in [-0.4, -0.2) is 40.9 Å². The van der Waals surface area contributed by atoms with E-state index in [0.717, 1.165) is 6.54 Å². The van der Waals surface area contributed by atoms with Crippen LogP contribution in [0, 0.1) is 0 Å². The van der Waals surface area contributed by atoms with Crippen molar-refractivity contribution in [3.63, 3.8) is 0 Å². The van der Waals surface area contributed by atoms with Crippen LogP contribution in [0.2, 0.25) is 5.02 Å². The van der Waals surface area contributed by atoms with Gasteiger partial charge in [-0.3, -0.25) is 4.79 Å². The molecule has 0 atom stereocenters. The van der Waals surface area contributed by atoms with Gasteiger partial charge in [0.25, 0.3) is 5.56 Å². The summed E-state index contributed by atoms with van der Waals surface area (Å²) in [5, 5.41) is 7.34. The molecule has 0 aliphatic carbocycles. The molecule has 1 aromatic heterocycles. The molecule has 0 spiro atoms. The predicted molar refractivity (Wildman–Crippen MR) is 80.0 cm³/mol. The molecule has 19 heavy (non-hydrogen) atoms. The average molecular weight is 285 g/mol.